The molecule has 0 aliphatic heterocycles. The Morgan fingerprint density at radius 2 is 2.35 bits per heavy atom. The number of nitrogens with one attached hydrogen (secondary N) is 1. The maximum Gasteiger partial charge on any atom is 0.224 e. The average Bonchev–Trinajstić information content (AvgIpc) is 2.76. The van der Waals surface area contributed by atoms with Crippen molar-refractivity contribution >= 4 is 27.5 Å². The summed E-state index contributed by atoms with van der Waals surface area (Å²) < 4.78 is 13.6. The highest BCUT2D eigenvalue weighted by Crippen LogP contribution is 2.22. The second-order valence-electron chi connectivity index (χ2n) is 4.15. The van der Waals surface area contributed by atoms with Crippen LogP contribution in [-0.2, 0) is 4.79 Å². The molecule has 0 fully saturated rings. The summed E-state index contributed by atoms with van der Waals surface area (Å²) >= 11 is 3.07. The molecule has 2 rings (SSSR count). The topological polar surface area (TPSA) is 29.1 Å². The molecular formula is C13H13BrFNO. The third-order valence-electron chi connectivity index (χ3n) is 2.76. The van der Waals surface area contributed by atoms with E-state index in [0.717, 1.165) is 12.8 Å². The van der Waals surface area contributed by atoms with Gasteiger partial charge in [-0.2, -0.15) is 0 Å². The van der Waals surface area contributed by atoms with Gasteiger partial charge >= 0.3 is 0 Å². The third kappa shape index (κ3) is 3.40. The molecular weight excluding hydrogens is 285 g/mol. The number of carbonyl (C=O) groups is 1. The fourth-order valence-electron chi connectivity index (χ4n) is 1.89. The number of rotatable bonds is 3. The molecule has 17 heavy (non-hydrogen) atoms. The Hall–Kier alpha value is -1.16. The Balaban J connectivity index is 1.93. The molecule has 0 bridgehead atoms. The lowest BCUT2D eigenvalue weighted by atomic mass is 10.1. The molecule has 1 unspecified atom stereocenters. The normalized spacial score (nSPS) is 18.4. The van der Waals surface area contributed by atoms with Crippen molar-refractivity contribution in [2.45, 2.75) is 19.3 Å². The first-order valence-corrected chi connectivity index (χ1v) is 6.36. The fourth-order valence-corrected chi connectivity index (χ4v) is 2.14. The largest absolute Gasteiger partial charge is 0.326 e. The number of carbonyl (C=O) groups excluding carboxylic acids is 1. The van der Waals surface area contributed by atoms with Crippen LogP contribution in [0.5, 0.6) is 0 Å². The van der Waals surface area contributed by atoms with E-state index in [1.807, 2.05) is 0 Å². The van der Waals surface area contributed by atoms with Crippen molar-refractivity contribution in [3.63, 3.8) is 0 Å². The molecule has 2 nitrogen and oxygen atoms in total. The minimum absolute atomic E-state index is 0.0664. The second-order valence-corrected chi connectivity index (χ2v) is 5.00. The molecule has 0 saturated heterocycles. The summed E-state index contributed by atoms with van der Waals surface area (Å²) in [5, 5.41) is 2.70. The van der Waals surface area contributed by atoms with Gasteiger partial charge in [0, 0.05) is 12.1 Å². The van der Waals surface area contributed by atoms with E-state index in [4.69, 9.17) is 0 Å². The molecule has 1 amide bonds. The van der Waals surface area contributed by atoms with Crippen LogP contribution in [0.1, 0.15) is 19.3 Å². The zero-order valence-electron chi connectivity index (χ0n) is 9.25. The zero-order valence-corrected chi connectivity index (χ0v) is 10.8. The van der Waals surface area contributed by atoms with Crippen LogP contribution in [0.15, 0.2) is 34.8 Å². The van der Waals surface area contributed by atoms with Gasteiger partial charge in [0.1, 0.15) is 5.82 Å². The van der Waals surface area contributed by atoms with Crippen LogP contribution in [0.2, 0.25) is 0 Å². The van der Waals surface area contributed by atoms with Crippen LogP contribution in [0.4, 0.5) is 10.1 Å². The molecule has 0 spiro atoms. The second kappa shape index (κ2) is 5.45. The van der Waals surface area contributed by atoms with E-state index in [-0.39, 0.29) is 11.7 Å². The smallest absolute Gasteiger partial charge is 0.224 e. The first kappa shape index (κ1) is 12.3. The lowest BCUT2D eigenvalue weighted by molar-refractivity contribution is -0.116. The van der Waals surface area contributed by atoms with Crippen molar-refractivity contribution in [1.82, 2.24) is 0 Å². The summed E-state index contributed by atoms with van der Waals surface area (Å²) in [6, 6.07) is 4.57. The van der Waals surface area contributed by atoms with Gasteiger partial charge in [0.15, 0.2) is 0 Å². The van der Waals surface area contributed by atoms with E-state index in [1.54, 1.807) is 12.1 Å². The van der Waals surface area contributed by atoms with E-state index in [9.17, 15) is 9.18 Å². The van der Waals surface area contributed by atoms with Crippen molar-refractivity contribution < 1.29 is 9.18 Å². The van der Waals surface area contributed by atoms with Crippen molar-refractivity contribution in [2.24, 2.45) is 5.92 Å². The van der Waals surface area contributed by atoms with Crippen molar-refractivity contribution in [3.05, 3.63) is 40.6 Å². The first-order valence-electron chi connectivity index (χ1n) is 5.57. The molecule has 0 heterocycles. The molecule has 1 aromatic carbocycles. The molecule has 1 N–H and O–H groups in total. The van der Waals surface area contributed by atoms with Gasteiger partial charge in [-0.15, -0.1) is 0 Å². The number of benzene rings is 1. The molecule has 1 aliphatic carbocycles. The Morgan fingerprint density at radius 3 is 3.00 bits per heavy atom. The Morgan fingerprint density at radius 1 is 1.53 bits per heavy atom. The quantitative estimate of drug-likeness (QED) is 0.843. The van der Waals surface area contributed by atoms with E-state index in [0.29, 0.717) is 22.5 Å². The van der Waals surface area contributed by atoms with Gasteiger partial charge in [-0.1, -0.05) is 12.2 Å². The minimum atomic E-state index is -0.372. The average molecular weight is 298 g/mol. The predicted octanol–water partition coefficient (Wildman–Crippen LogP) is 3.88. The van der Waals surface area contributed by atoms with E-state index in [1.165, 1.54) is 6.07 Å². The summed E-state index contributed by atoms with van der Waals surface area (Å²) in [5.41, 5.74) is 0.498. The van der Waals surface area contributed by atoms with E-state index >= 15 is 0 Å². The third-order valence-corrected chi connectivity index (χ3v) is 3.41. The lowest BCUT2D eigenvalue weighted by Crippen LogP contribution is -2.14. The standard InChI is InChI=1S/C13H13BrFNO/c14-11-6-5-10(8-12(11)15)16-13(17)7-9-3-1-2-4-9/h1,3,5-6,8-9H,2,4,7H2,(H,16,17). The summed E-state index contributed by atoms with van der Waals surface area (Å²) in [7, 11) is 0. The number of amides is 1. The molecule has 4 heteroatoms. The van der Waals surface area contributed by atoms with Gasteiger partial charge in [-0.25, -0.2) is 4.39 Å². The molecule has 0 saturated carbocycles. The highest BCUT2D eigenvalue weighted by atomic mass is 79.9. The number of allylic oxidation sites excluding steroid dienone is 2. The summed E-state index contributed by atoms with van der Waals surface area (Å²) in [6.07, 6.45) is 6.71. The van der Waals surface area contributed by atoms with Gasteiger partial charge in [0.2, 0.25) is 5.91 Å². The van der Waals surface area contributed by atoms with Crippen LogP contribution in [0.3, 0.4) is 0 Å². The van der Waals surface area contributed by atoms with Crippen molar-refractivity contribution in [1.29, 1.82) is 0 Å². The number of halogens is 2. The van der Waals surface area contributed by atoms with Crippen LogP contribution in [-0.4, -0.2) is 5.91 Å². The maximum atomic E-state index is 13.2. The van der Waals surface area contributed by atoms with Gasteiger partial charge in [0.25, 0.3) is 0 Å². The van der Waals surface area contributed by atoms with E-state index < -0.39 is 0 Å². The number of hydrogen-bond donors (Lipinski definition) is 1. The SMILES string of the molecule is O=C(CC1C=CCC1)Nc1ccc(Br)c(F)c1. The first-order chi connectivity index (χ1) is 8.15. The Kier molecular flexibility index (Phi) is 3.94. The van der Waals surface area contributed by atoms with E-state index in [2.05, 4.69) is 33.4 Å². The van der Waals surface area contributed by atoms with Gasteiger partial charge in [-0.05, 0) is 52.9 Å². The van der Waals surface area contributed by atoms with Crippen molar-refractivity contribution in [2.75, 3.05) is 5.32 Å². The molecule has 1 aromatic rings. The lowest BCUT2D eigenvalue weighted by Gasteiger charge is -2.09. The summed E-state index contributed by atoms with van der Waals surface area (Å²) in [6.45, 7) is 0. The van der Waals surface area contributed by atoms with Crippen LogP contribution in [0.25, 0.3) is 0 Å². The van der Waals surface area contributed by atoms with Crippen LogP contribution >= 0.6 is 15.9 Å². The molecule has 0 radical (unpaired) electrons. The highest BCUT2D eigenvalue weighted by molar-refractivity contribution is 9.10. The fraction of sp³-hybridized carbons (Fsp3) is 0.308. The molecule has 0 aromatic heterocycles. The van der Waals surface area contributed by atoms with Gasteiger partial charge in [-0.3, -0.25) is 4.79 Å². The predicted molar refractivity (Wildman–Crippen MR) is 69.2 cm³/mol. The minimum Gasteiger partial charge on any atom is -0.326 e. The zero-order chi connectivity index (χ0) is 12.3. The number of anilines is 1. The van der Waals surface area contributed by atoms with Crippen LogP contribution in [0, 0.1) is 11.7 Å². The Bertz CT molecular complexity index is 459. The summed E-state index contributed by atoms with van der Waals surface area (Å²) in [4.78, 5) is 11.7. The molecule has 1 aliphatic rings. The van der Waals surface area contributed by atoms with Gasteiger partial charge < -0.3 is 5.32 Å². The molecule has 90 valence electrons. The monoisotopic (exact) mass is 297 g/mol. The molecule has 1 atom stereocenters. The highest BCUT2D eigenvalue weighted by Gasteiger charge is 2.14. The summed E-state index contributed by atoms with van der Waals surface area (Å²) in [5.74, 6) is -0.109. The maximum absolute atomic E-state index is 13.2. The van der Waals surface area contributed by atoms with Crippen molar-refractivity contribution in [3.8, 4) is 0 Å². The van der Waals surface area contributed by atoms with Crippen LogP contribution < -0.4 is 5.32 Å². The van der Waals surface area contributed by atoms with Gasteiger partial charge in [0.05, 0.1) is 4.47 Å². The Labute approximate surface area is 108 Å². The number of hydrogen-bond acceptors (Lipinski definition) is 1.